The van der Waals surface area contributed by atoms with Crippen molar-refractivity contribution in [3.05, 3.63) is 11.9 Å². The third-order valence-corrected chi connectivity index (χ3v) is 1.71. The molecule has 0 radical (unpaired) electrons. The molecule has 1 atom stereocenters. The first-order valence-corrected chi connectivity index (χ1v) is 3.84. The molecule has 2 N–H and O–H groups in total. The molecule has 0 aromatic carbocycles. The summed E-state index contributed by atoms with van der Waals surface area (Å²) >= 11 is 0. The molecular weight excluding hydrogens is 178 g/mol. The van der Waals surface area contributed by atoms with Crippen LogP contribution in [-0.4, -0.2) is 27.0 Å². The summed E-state index contributed by atoms with van der Waals surface area (Å²) in [4.78, 5) is 0. The Morgan fingerprint density at radius 1 is 1.69 bits per heavy atom. The summed E-state index contributed by atoms with van der Waals surface area (Å²) in [5.41, 5.74) is 4.32. The summed E-state index contributed by atoms with van der Waals surface area (Å²) in [7, 11) is 1.67. The third-order valence-electron chi connectivity index (χ3n) is 1.71. The van der Waals surface area contributed by atoms with Crippen molar-refractivity contribution in [1.82, 2.24) is 15.0 Å². The van der Waals surface area contributed by atoms with Gasteiger partial charge >= 0.3 is 0 Å². The van der Waals surface area contributed by atoms with E-state index in [1.807, 2.05) is 0 Å². The second-order valence-electron chi connectivity index (χ2n) is 3.37. The fourth-order valence-corrected chi connectivity index (χ4v) is 0.944. The summed E-state index contributed by atoms with van der Waals surface area (Å²) in [6.45, 7) is 1.30. The molecule has 0 aliphatic heterocycles. The monoisotopic (exact) mass is 190 g/mol. The summed E-state index contributed by atoms with van der Waals surface area (Å²) in [5.74, 6) is 0. The Bertz CT molecular complexity index is 282. The van der Waals surface area contributed by atoms with Crippen LogP contribution in [0.5, 0.6) is 0 Å². The van der Waals surface area contributed by atoms with E-state index in [1.54, 1.807) is 13.2 Å². The van der Waals surface area contributed by atoms with Gasteiger partial charge in [0.1, 0.15) is 0 Å². The van der Waals surface area contributed by atoms with Gasteiger partial charge in [-0.05, 0) is 6.92 Å². The number of halogens is 2. The van der Waals surface area contributed by atoms with Gasteiger partial charge in [0.2, 0.25) is 0 Å². The first kappa shape index (κ1) is 10.0. The molecule has 0 saturated carbocycles. The summed E-state index contributed by atoms with van der Waals surface area (Å²) in [6, 6.07) is 0. The Morgan fingerprint density at radius 2 is 2.31 bits per heavy atom. The number of aromatic nitrogens is 3. The van der Waals surface area contributed by atoms with Crippen molar-refractivity contribution in [3.63, 3.8) is 0 Å². The highest BCUT2D eigenvalue weighted by Crippen LogP contribution is 2.16. The van der Waals surface area contributed by atoms with Crippen LogP contribution >= 0.6 is 0 Å². The normalized spacial score (nSPS) is 16.2. The molecule has 0 fully saturated rings. The number of aryl methyl sites for hydroxylation is 1. The van der Waals surface area contributed by atoms with E-state index in [2.05, 4.69) is 10.3 Å². The lowest BCUT2D eigenvalue weighted by Crippen LogP contribution is -2.45. The van der Waals surface area contributed by atoms with E-state index in [4.69, 9.17) is 5.73 Å². The largest absolute Gasteiger partial charge is 0.320 e. The van der Waals surface area contributed by atoms with Gasteiger partial charge in [0.15, 0.2) is 0 Å². The van der Waals surface area contributed by atoms with Crippen LogP contribution in [0.25, 0.3) is 0 Å². The van der Waals surface area contributed by atoms with Crippen LogP contribution in [0.15, 0.2) is 6.20 Å². The lowest BCUT2D eigenvalue weighted by Gasteiger charge is -2.21. The molecule has 74 valence electrons. The zero-order valence-electron chi connectivity index (χ0n) is 7.54. The van der Waals surface area contributed by atoms with Crippen LogP contribution in [-0.2, 0) is 13.5 Å². The van der Waals surface area contributed by atoms with E-state index in [1.165, 1.54) is 11.6 Å². The standard InChI is InChI=1S/C7H12F2N4/c1-7(10,6(8)9)3-5-4-13(2)12-11-5/h4,6H,3,10H2,1-2H3. The highest BCUT2D eigenvalue weighted by Gasteiger charge is 2.31. The second-order valence-corrected chi connectivity index (χ2v) is 3.37. The molecule has 0 aliphatic carbocycles. The molecule has 1 aromatic rings. The molecule has 0 spiro atoms. The van der Waals surface area contributed by atoms with Gasteiger partial charge in [-0.15, -0.1) is 5.10 Å². The van der Waals surface area contributed by atoms with Gasteiger partial charge in [0.05, 0.1) is 11.2 Å². The molecule has 6 heteroatoms. The molecule has 0 bridgehead atoms. The third kappa shape index (κ3) is 2.45. The lowest BCUT2D eigenvalue weighted by molar-refractivity contribution is 0.0634. The van der Waals surface area contributed by atoms with Gasteiger partial charge in [-0.2, -0.15) is 0 Å². The van der Waals surface area contributed by atoms with E-state index in [0.29, 0.717) is 5.69 Å². The zero-order valence-corrected chi connectivity index (χ0v) is 7.54. The Kier molecular flexibility index (Phi) is 2.60. The van der Waals surface area contributed by atoms with Crippen molar-refractivity contribution >= 4 is 0 Å². The molecule has 1 heterocycles. The zero-order chi connectivity index (χ0) is 10.1. The maximum absolute atomic E-state index is 12.3. The Hall–Kier alpha value is -1.04. The number of nitrogens with zero attached hydrogens (tertiary/aromatic N) is 3. The average Bonchev–Trinajstić information content (AvgIpc) is 2.34. The smallest absolute Gasteiger partial charge is 0.256 e. The number of rotatable bonds is 3. The van der Waals surface area contributed by atoms with E-state index in [9.17, 15) is 8.78 Å². The van der Waals surface area contributed by atoms with Gasteiger partial charge in [0, 0.05) is 19.7 Å². The van der Waals surface area contributed by atoms with Crippen LogP contribution in [0.4, 0.5) is 8.78 Å². The van der Waals surface area contributed by atoms with Gasteiger partial charge in [-0.1, -0.05) is 5.21 Å². The molecule has 1 rings (SSSR count). The molecule has 4 nitrogen and oxygen atoms in total. The summed E-state index contributed by atoms with van der Waals surface area (Å²) in [6.07, 6.45) is -0.957. The van der Waals surface area contributed by atoms with Gasteiger partial charge in [-0.25, -0.2) is 8.78 Å². The molecule has 1 unspecified atom stereocenters. The van der Waals surface area contributed by atoms with Crippen molar-refractivity contribution < 1.29 is 8.78 Å². The SMILES string of the molecule is Cn1cc(CC(C)(N)C(F)F)nn1. The minimum absolute atomic E-state index is 0.0263. The molecule has 13 heavy (non-hydrogen) atoms. The number of alkyl halides is 2. The van der Waals surface area contributed by atoms with E-state index < -0.39 is 12.0 Å². The van der Waals surface area contributed by atoms with E-state index in [0.717, 1.165) is 0 Å². The Labute approximate surface area is 74.7 Å². The predicted octanol–water partition coefficient (Wildman–Crippen LogP) is 0.340. The Balaban J connectivity index is 2.68. The first-order valence-electron chi connectivity index (χ1n) is 3.84. The van der Waals surface area contributed by atoms with Crippen molar-refractivity contribution in [2.24, 2.45) is 12.8 Å². The van der Waals surface area contributed by atoms with Crippen LogP contribution in [0, 0.1) is 0 Å². The first-order chi connectivity index (χ1) is 5.92. The van der Waals surface area contributed by atoms with Gasteiger partial charge in [-0.3, -0.25) is 4.68 Å². The van der Waals surface area contributed by atoms with Crippen molar-refractivity contribution in [3.8, 4) is 0 Å². The van der Waals surface area contributed by atoms with Gasteiger partial charge < -0.3 is 5.73 Å². The quantitative estimate of drug-likeness (QED) is 0.747. The maximum atomic E-state index is 12.3. The maximum Gasteiger partial charge on any atom is 0.256 e. The van der Waals surface area contributed by atoms with Crippen molar-refractivity contribution in [2.45, 2.75) is 25.3 Å². The molecule has 0 saturated heterocycles. The van der Waals surface area contributed by atoms with Crippen LogP contribution in [0.3, 0.4) is 0 Å². The van der Waals surface area contributed by atoms with Crippen LogP contribution in [0.2, 0.25) is 0 Å². The van der Waals surface area contributed by atoms with Crippen LogP contribution in [0.1, 0.15) is 12.6 Å². The highest BCUT2D eigenvalue weighted by molar-refractivity contribution is 5.01. The van der Waals surface area contributed by atoms with Crippen molar-refractivity contribution in [2.75, 3.05) is 0 Å². The second kappa shape index (κ2) is 3.37. The van der Waals surface area contributed by atoms with E-state index in [-0.39, 0.29) is 6.42 Å². The topological polar surface area (TPSA) is 56.7 Å². The number of hydrogen-bond acceptors (Lipinski definition) is 3. The predicted molar refractivity (Wildman–Crippen MR) is 43.3 cm³/mol. The van der Waals surface area contributed by atoms with E-state index >= 15 is 0 Å². The molecule has 1 aromatic heterocycles. The fourth-order valence-electron chi connectivity index (χ4n) is 0.944. The number of nitrogens with two attached hydrogens (primary N) is 1. The Morgan fingerprint density at radius 3 is 2.69 bits per heavy atom. The number of hydrogen-bond donors (Lipinski definition) is 1. The molecule has 0 amide bonds. The van der Waals surface area contributed by atoms with Crippen LogP contribution < -0.4 is 5.73 Å². The fraction of sp³-hybridized carbons (Fsp3) is 0.714. The summed E-state index contributed by atoms with van der Waals surface area (Å²) < 4.78 is 26.1. The minimum Gasteiger partial charge on any atom is -0.320 e. The van der Waals surface area contributed by atoms with Crippen molar-refractivity contribution in [1.29, 1.82) is 0 Å². The molecular formula is C7H12F2N4. The summed E-state index contributed by atoms with van der Waals surface area (Å²) in [5, 5.41) is 7.31. The molecule has 0 aliphatic rings. The lowest BCUT2D eigenvalue weighted by atomic mass is 9.98. The van der Waals surface area contributed by atoms with Gasteiger partial charge in [0.25, 0.3) is 6.43 Å². The average molecular weight is 190 g/mol. The highest BCUT2D eigenvalue weighted by atomic mass is 19.3. The minimum atomic E-state index is -2.56.